The maximum absolute atomic E-state index is 5.70. The molecule has 0 saturated carbocycles. The molecule has 0 aliphatic rings. The Balaban J connectivity index is 3.84. The summed E-state index contributed by atoms with van der Waals surface area (Å²) < 4.78 is 0. The molecular weight excluding hydrogens is 183 g/mol. The lowest BCUT2D eigenvalue weighted by molar-refractivity contribution is 1.12. The first-order valence-corrected chi connectivity index (χ1v) is 4.33. The molecule has 0 N–H and O–H groups in total. The Bertz CT molecular complexity index is 146. The van der Waals surface area contributed by atoms with Crippen molar-refractivity contribution in [1.82, 2.24) is 0 Å². The topological polar surface area (TPSA) is 24.7 Å². The van der Waals surface area contributed by atoms with Gasteiger partial charge in [0.05, 0.1) is 6.42 Å². The van der Waals surface area contributed by atoms with Gasteiger partial charge >= 0.3 is 0 Å². The van der Waals surface area contributed by atoms with Crippen molar-refractivity contribution in [2.75, 3.05) is 13.1 Å². The quantitative estimate of drug-likeness (QED) is 0.616. The molecule has 0 amide bonds. The van der Waals surface area contributed by atoms with Gasteiger partial charge in [0.2, 0.25) is 0 Å². The molecule has 0 spiro atoms. The van der Waals surface area contributed by atoms with Gasteiger partial charge in [0, 0.05) is 13.1 Å². The molecule has 0 aliphatic carbocycles. The second kappa shape index (κ2) is 6.62. The van der Waals surface area contributed by atoms with E-state index in [1.165, 1.54) is 0 Å². The summed E-state index contributed by atoms with van der Waals surface area (Å²) in [4.78, 5) is 7.93. The molecule has 0 aliphatic heterocycles. The van der Waals surface area contributed by atoms with Gasteiger partial charge in [0.1, 0.15) is 10.3 Å². The van der Waals surface area contributed by atoms with Gasteiger partial charge < -0.3 is 0 Å². The van der Waals surface area contributed by atoms with Crippen LogP contribution in [0.4, 0.5) is 0 Å². The van der Waals surface area contributed by atoms with Crippen LogP contribution >= 0.6 is 23.2 Å². The largest absolute Gasteiger partial charge is 0.277 e. The van der Waals surface area contributed by atoms with Gasteiger partial charge in [-0.25, -0.2) is 0 Å². The Kier molecular flexibility index (Phi) is 6.57. The maximum atomic E-state index is 5.70. The number of aliphatic imine (C=N–C) groups is 2. The number of nitrogens with zero attached hydrogens (tertiary/aromatic N) is 2. The van der Waals surface area contributed by atoms with Crippen LogP contribution in [-0.4, -0.2) is 23.4 Å². The van der Waals surface area contributed by atoms with Crippen LogP contribution < -0.4 is 0 Å². The predicted octanol–water partition coefficient (Wildman–Crippen LogP) is 2.69. The van der Waals surface area contributed by atoms with Crippen LogP contribution in [0.3, 0.4) is 0 Å². The van der Waals surface area contributed by atoms with Crippen molar-refractivity contribution in [3.05, 3.63) is 0 Å². The Morgan fingerprint density at radius 1 is 1.00 bits per heavy atom. The predicted molar refractivity (Wildman–Crippen MR) is 52.3 cm³/mol. The lowest BCUT2D eigenvalue weighted by atomic mass is 10.5. The Morgan fingerprint density at radius 3 is 1.64 bits per heavy atom. The molecular formula is C7H12Cl2N2. The van der Waals surface area contributed by atoms with E-state index >= 15 is 0 Å². The minimum Gasteiger partial charge on any atom is -0.277 e. The summed E-state index contributed by atoms with van der Waals surface area (Å²) in [6.45, 7) is 5.23. The number of rotatable bonds is 4. The van der Waals surface area contributed by atoms with E-state index in [0.29, 0.717) is 29.9 Å². The van der Waals surface area contributed by atoms with Crippen LogP contribution in [0.1, 0.15) is 20.3 Å². The van der Waals surface area contributed by atoms with Crippen LogP contribution in [0.25, 0.3) is 0 Å². The van der Waals surface area contributed by atoms with Crippen LogP contribution in [-0.2, 0) is 0 Å². The Labute approximate surface area is 77.3 Å². The summed E-state index contributed by atoms with van der Waals surface area (Å²) in [6.07, 6.45) is 0.463. The fourth-order valence-corrected chi connectivity index (χ4v) is 1.14. The Hall–Kier alpha value is -0.0800. The molecule has 0 unspecified atom stereocenters. The second-order valence-electron chi connectivity index (χ2n) is 1.88. The molecule has 0 aromatic heterocycles. The van der Waals surface area contributed by atoms with Crippen LogP contribution in [0.15, 0.2) is 9.98 Å². The highest BCUT2D eigenvalue weighted by Crippen LogP contribution is 2.00. The molecule has 0 bridgehead atoms. The first-order valence-electron chi connectivity index (χ1n) is 3.58. The van der Waals surface area contributed by atoms with Gasteiger partial charge in [-0.3, -0.25) is 9.98 Å². The van der Waals surface area contributed by atoms with Crippen LogP contribution in [0, 0.1) is 0 Å². The van der Waals surface area contributed by atoms with Gasteiger partial charge in [0.25, 0.3) is 0 Å². The van der Waals surface area contributed by atoms with Crippen molar-refractivity contribution in [2.24, 2.45) is 9.98 Å². The van der Waals surface area contributed by atoms with Crippen molar-refractivity contribution in [2.45, 2.75) is 20.3 Å². The maximum Gasteiger partial charge on any atom is 0.107 e. The molecule has 64 valence electrons. The van der Waals surface area contributed by atoms with Crippen LogP contribution in [0.2, 0.25) is 0 Å². The van der Waals surface area contributed by atoms with Gasteiger partial charge in [0.15, 0.2) is 0 Å². The summed E-state index contributed by atoms with van der Waals surface area (Å²) in [6, 6.07) is 0. The van der Waals surface area contributed by atoms with E-state index in [1.54, 1.807) is 0 Å². The molecule has 0 rings (SSSR count). The third-order valence-corrected chi connectivity index (χ3v) is 1.46. The molecule has 0 atom stereocenters. The molecule has 4 heteroatoms. The third-order valence-electron chi connectivity index (χ3n) is 0.951. The van der Waals surface area contributed by atoms with E-state index in [2.05, 4.69) is 9.98 Å². The molecule has 0 radical (unpaired) electrons. The van der Waals surface area contributed by atoms with Crippen molar-refractivity contribution in [3.8, 4) is 0 Å². The highest BCUT2D eigenvalue weighted by Gasteiger charge is 1.97. The van der Waals surface area contributed by atoms with E-state index in [9.17, 15) is 0 Å². The van der Waals surface area contributed by atoms with E-state index in [1.807, 2.05) is 13.8 Å². The summed E-state index contributed by atoms with van der Waals surface area (Å²) in [5.74, 6) is 0. The minimum absolute atomic E-state index is 0.463. The van der Waals surface area contributed by atoms with E-state index < -0.39 is 0 Å². The molecule has 0 aromatic carbocycles. The summed E-state index contributed by atoms with van der Waals surface area (Å²) in [5.41, 5.74) is 0. The molecule has 0 fully saturated rings. The van der Waals surface area contributed by atoms with E-state index in [4.69, 9.17) is 23.2 Å². The van der Waals surface area contributed by atoms with Crippen molar-refractivity contribution >= 4 is 33.5 Å². The highest BCUT2D eigenvalue weighted by molar-refractivity contribution is 6.74. The first-order chi connectivity index (χ1) is 5.20. The summed E-state index contributed by atoms with van der Waals surface area (Å²) >= 11 is 11.4. The zero-order valence-corrected chi connectivity index (χ0v) is 8.28. The van der Waals surface area contributed by atoms with E-state index in [0.717, 1.165) is 0 Å². The standard InChI is InChI=1S/C7H12Cl2N2/c1-3-10-6(8)5-7(9)11-4-2/h3-5H2,1-2H3/b10-6-,11-7-. The average molecular weight is 195 g/mol. The summed E-state index contributed by atoms with van der Waals surface area (Å²) in [7, 11) is 0. The lowest BCUT2D eigenvalue weighted by Gasteiger charge is -1.94. The molecule has 0 heterocycles. The lowest BCUT2D eigenvalue weighted by Crippen LogP contribution is -1.97. The highest BCUT2D eigenvalue weighted by atomic mass is 35.5. The fraction of sp³-hybridized carbons (Fsp3) is 0.714. The second-order valence-corrected chi connectivity index (χ2v) is 2.75. The molecule has 0 saturated heterocycles. The molecule has 0 aromatic rings. The van der Waals surface area contributed by atoms with Crippen molar-refractivity contribution in [3.63, 3.8) is 0 Å². The zero-order valence-electron chi connectivity index (χ0n) is 6.77. The zero-order chi connectivity index (χ0) is 8.69. The summed E-state index contributed by atoms with van der Waals surface area (Å²) in [5, 5.41) is 1.05. The van der Waals surface area contributed by atoms with Gasteiger partial charge in [-0.1, -0.05) is 23.2 Å². The van der Waals surface area contributed by atoms with Gasteiger partial charge in [-0.2, -0.15) is 0 Å². The smallest absolute Gasteiger partial charge is 0.107 e. The van der Waals surface area contributed by atoms with Gasteiger partial charge in [-0.05, 0) is 13.8 Å². The fourth-order valence-electron chi connectivity index (χ4n) is 0.575. The number of hydrogen-bond acceptors (Lipinski definition) is 2. The number of hydrogen-bond donors (Lipinski definition) is 0. The van der Waals surface area contributed by atoms with Crippen molar-refractivity contribution < 1.29 is 0 Å². The SMILES string of the molecule is CC/N=C(\Cl)C/C(Cl)=N/CC. The Morgan fingerprint density at radius 2 is 1.36 bits per heavy atom. The van der Waals surface area contributed by atoms with E-state index in [-0.39, 0.29) is 0 Å². The number of halogens is 2. The molecule has 2 nitrogen and oxygen atoms in total. The molecule has 11 heavy (non-hydrogen) atoms. The monoisotopic (exact) mass is 194 g/mol. The normalized spacial score (nSPS) is 13.8. The van der Waals surface area contributed by atoms with Crippen molar-refractivity contribution in [1.29, 1.82) is 0 Å². The average Bonchev–Trinajstić information content (AvgIpc) is 1.87. The van der Waals surface area contributed by atoms with Crippen LogP contribution in [0.5, 0.6) is 0 Å². The first kappa shape index (κ1) is 10.9. The minimum atomic E-state index is 0.463. The van der Waals surface area contributed by atoms with Gasteiger partial charge in [-0.15, -0.1) is 0 Å². The third kappa shape index (κ3) is 6.32.